The number of benzene rings is 1. The number of nitrogens with zero attached hydrogens (tertiary/aromatic N) is 1. The van der Waals surface area contributed by atoms with Gasteiger partial charge in [0.2, 0.25) is 0 Å². The summed E-state index contributed by atoms with van der Waals surface area (Å²) in [5, 5.41) is 0. The Kier molecular flexibility index (Phi) is 8.50. The second kappa shape index (κ2) is 9.87. The van der Waals surface area contributed by atoms with Gasteiger partial charge in [0, 0.05) is 6.54 Å². The number of hydrogen-bond acceptors (Lipinski definition) is 4. The van der Waals surface area contributed by atoms with Crippen molar-refractivity contribution in [1.82, 2.24) is 4.90 Å². The number of ether oxygens (including phenoxy) is 2. The predicted molar refractivity (Wildman–Crippen MR) is 88.6 cm³/mol. The van der Waals surface area contributed by atoms with Crippen LogP contribution in [0.4, 0.5) is 0 Å². The van der Waals surface area contributed by atoms with Crippen LogP contribution in [0, 0.1) is 5.92 Å². The molecule has 1 aliphatic heterocycles. The molecule has 0 radical (unpaired) electrons. The number of para-hydroxylation sites is 2. The molecule has 0 unspecified atom stereocenters. The van der Waals surface area contributed by atoms with Gasteiger partial charge >= 0.3 is 0 Å². The Labute approximate surface area is 134 Å². The molecule has 1 aromatic carbocycles. The zero-order valence-corrected chi connectivity index (χ0v) is 13.6. The summed E-state index contributed by atoms with van der Waals surface area (Å²) in [6, 6.07) is 7.86. The predicted octanol–water partition coefficient (Wildman–Crippen LogP) is 2.56. The van der Waals surface area contributed by atoms with E-state index in [4.69, 9.17) is 15.2 Å². The van der Waals surface area contributed by atoms with Gasteiger partial charge in [-0.2, -0.15) is 0 Å². The Hall–Kier alpha value is -0.970. The first-order valence-electron chi connectivity index (χ1n) is 7.60. The highest BCUT2D eigenvalue weighted by Crippen LogP contribution is 2.26. The summed E-state index contributed by atoms with van der Waals surface area (Å²) < 4.78 is 11.4. The van der Waals surface area contributed by atoms with Gasteiger partial charge < -0.3 is 15.2 Å². The maximum atomic E-state index is 5.85. The number of likely N-dealkylation sites (tertiary alicyclic amines) is 1. The molecule has 0 spiro atoms. The van der Waals surface area contributed by atoms with Crippen molar-refractivity contribution in [3.05, 3.63) is 24.3 Å². The molecule has 1 fully saturated rings. The van der Waals surface area contributed by atoms with Gasteiger partial charge in [-0.1, -0.05) is 12.1 Å². The van der Waals surface area contributed by atoms with E-state index >= 15 is 0 Å². The third-order valence-electron chi connectivity index (χ3n) is 3.85. The molecule has 0 amide bonds. The molecule has 0 atom stereocenters. The number of halogens is 1. The molecule has 4 nitrogen and oxygen atoms in total. The second-order valence-electron chi connectivity index (χ2n) is 5.25. The Bertz CT molecular complexity index is 396. The van der Waals surface area contributed by atoms with E-state index < -0.39 is 0 Å². The number of hydrogen-bond donors (Lipinski definition) is 1. The molecule has 1 saturated heterocycles. The SMILES string of the molecule is CCOc1ccccc1OCCN1CCC(CN)CC1.Cl. The van der Waals surface area contributed by atoms with E-state index in [0.717, 1.165) is 37.7 Å². The normalized spacial score (nSPS) is 16.3. The molecule has 0 aromatic heterocycles. The van der Waals surface area contributed by atoms with E-state index in [1.54, 1.807) is 0 Å². The number of nitrogens with two attached hydrogens (primary N) is 1. The highest BCUT2D eigenvalue weighted by molar-refractivity contribution is 5.85. The van der Waals surface area contributed by atoms with Crippen LogP contribution in [-0.4, -0.2) is 44.3 Å². The summed E-state index contributed by atoms with van der Waals surface area (Å²) in [5.41, 5.74) is 5.71. The molecule has 0 bridgehead atoms. The molecule has 21 heavy (non-hydrogen) atoms. The molecule has 1 heterocycles. The van der Waals surface area contributed by atoms with Crippen molar-refractivity contribution in [3.8, 4) is 11.5 Å². The van der Waals surface area contributed by atoms with Gasteiger partial charge in [-0.25, -0.2) is 0 Å². The summed E-state index contributed by atoms with van der Waals surface area (Å²) in [6.07, 6.45) is 2.43. The maximum absolute atomic E-state index is 5.85. The summed E-state index contributed by atoms with van der Waals surface area (Å²) in [4.78, 5) is 2.45. The van der Waals surface area contributed by atoms with Crippen molar-refractivity contribution >= 4 is 12.4 Å². The maximum Gasteiger partial charge on any atom is 0.161 e. The van der Waals surface area contributed by atoms with E-state index in [2.05, 4.69) is 4.90 Å². The Balaban J connectivity index is 0.00000220. The van der Waals surface area contributed by atoms with Crippen LogP contribution in [-0.2, 0) is 0 Å². The molecule has 0 aliphatic carbocycles. The van der Waals surface area contributed by atoms with Gasteiger partial charge in [0.05, 0.1) is 6.61 Å². The third-order valence-corrected chi connectivity index (χ3v) is 3.85. The minimum absolute atomic E-state index is 0. The molecule has 5 heteroatoms. The van der Waals surface area contributed by atoms with Crippen molar-refractivity contribution in [1.29, 1.82) is 0 Å². The van der Waals surface area contributed by atoms with Crippen LogP contribution in [0.15, 0.2) is 24.3 Å². The van der Waals surface area contributed by atoms with Crippen molar-refractivity contribution in [2.75, 3.05) is 39.4 Å². The Morgan fingerprint density at radius 1 is 1.14 bits per heavy atom. The van der Waals surface area contributed by atoms with Crippen molar-refractivity contribution in [3.63, 3.8) is 0 Å². The van der Waals surface area contributed by atoms with Crippen molar-refractivity contribution < 1.29 is 9.47 Å². The molecular formula is C16H27ClN2O2. The molecule has 1 aliphatic rings. The van der Waals surface area contributed by atoms with Gasteiger partial charge in [0.1, 0.15) is 6.61 Å². The summed E-state index contributed by atoms with van der Waals surface area (Å²) in [5.74, 6) is 2.38. The number of piperidine rings is 1. The van der Waals surface area contributed by atoms with E-state index in [9.17, 15) is 0 Å². The average Bonchev–Trinajstić information content (AvgIpc) is 2.50. The van der Waals surface area contributed by atoms with Crippen LogP contribution >= 0.6 is 12.4 Å². The minimum atomic E-state index is 0. The highest BCUT2D eigenvalue weighted by Gasteiger charge is 2.17. The van der Waals surface area contributed by atoms with Crippen LogP contribution < -0.4 is 15.2 Å². The first-order valence-corrected chi connectivity index (χ1v) is 7.60. The first-order chi connectivity index (χ1) is 9.83. The molecule has 1 aromatic rings. The molecule has 2 N–H and O–H groups in total. The third kappa shape index (κ3) is 5.73. The van der Waals surface area contributed by atoms with Crippen LogP contribution in [0.1, 0.15) is 19.8 Å². The largest absolute Gasteiger partial charge is 0.490 e. The van der Waals surface area contributed by atoms with E-state index in [1.165, 1.54) is 12.8 Å². The van der Waals surface area contributed by atoms with Gasteiger partial charge in [-0.15, -0.1) is 12.4 Å². The summed E-state index contributed by atoms with van der Waals surface area (Å²) in [6.45, 7) is 7.42. The van der Waals surface area contributed by atoms with Gasteiger partial charge in [-0.05, 0) is 57.5 Å². The minimum Gasteiger partial charge on any atom is -0.490 e. The lowest BCUT2D eigenvalue weighted by molar-refractivity contribution is 0.155. The summed E-state index contributed by atoms with van der Waals surface area (Å²) >= 11 is 0. The fraction of sp³-hybridized carbons (Fsp3) is 0.625. The van der Waals surface area contributed by atoms with Crippen LogP contribution in [0.3, 0.4) is 0 Å². The van der Waals surface area contributed by atoms with Crippen LogP contribution in [0.25, 0.3) is 0 Å². The standard InChI is InChI=1S/C16H26N2O2.ClH/c1-2-19-15-5-3-4-6-16(15)20-12-11-18-9-7-14(13-17)8-10-18;/h3-6,14H,2,7-13,17H2,1H3;1H. The van der Waals surface area contributed by atoms with Gasteiger partial charge in [-0.3, -0.25) is 4.90 Å². The van der Waals surface area contributed by atoms with Crippen molar-refractivity contribution in [2.24, 2.45) is 11.7 Å². The highest BCUT2D eigenvalue weighted by atomic mass is 35.5. The molecule has 2 rings (SSSR count). The van der Waals surface area contributed by atoms with E-state index in [0.29, 0.717) is 19.1 Å². The average molecular weight is 315 g/mol. The van der Waals surface area contributed by atoms with Crippen LogP contribution in [0.5, 0.6) is 11.5 Å². The lowest BCUT2D eigenvalue weighted by Gasteiger charge is -2.31. The second-order valence-corrected chi connectivity index (χ2v) is 5.25. The van der Waals surface area contributed by atoms with E-state index in [1.807, 2.05) is 31.2 Å². The first kappa shape index (κ1) is 18.1. The smallest absolute Gasteiger partial charge is 0.161 e. The lowest BCUT2D eigenvalue weighted by Crippen LogP contribution is -2.38. The van der Waals surface area contributed by atoms with E-state index in [-0.39, 0.29) is 12.4 Å². The zero-order chi connectivity index (χ0) is 14.2. The summed E-state index contributed by atoms with van der Waals surface area (Å²) in [7, 11) is 0. The van der Waals surface area contributed by atoms with Gasteiger partial charge in [0.15, 0.2) is 11.5 Å². The molecule has 0 saturated carbocycles. The lowest BCUT2D eigenvalue weighted by atomic mass is 9.97. The topological polar surface area (TPSA) is 47.7 Å². The molecule has 120 valence electrons. The quantitative estimate of drug-likeness (QED) is 0.840. The monoisotopic (exact) mass is 314 g/mol. The van der Waals surface area contributed by atoms with Crippen LogP contribution in [0.2, 0.25) is 0 Å². The van der Waals surface area contributed by atoms with Gasteiger partial charge in [0.25, 0.3) is 0 Å². The zero-order valence-electron chi connectivity index (χ0n) is 12.8. The Morgan fingerprint density at radius 2 is 1.76 bits per heavy atom. The van der Waals surface area contributed by atoms with Crippen molar-refractivity contribution in [2.45, 2.75) is 19.8 Å². The Morgan fingerprint density at radius 3 is 2.33 bits per heavy atom. The fourth-order valence-electron chi connectivity index (χ4n) is 2.57. The number of rotatable bonds is 7. The fourth-order valence-corrected chi connectivity index (χ4v) is 2.57. The molecular weight excluding hydrogens is 288 g/mol.